The molecule has 0 radical (unpaired) electrons. The van der Waals surface area contributed by atoms with Crippen LogP contribution in [0.3, 0.4) is 0 Å². The largest absolute Gasteiger partial charge is 0.497 e. The highest BCUT2D eigenvalue weighted by molar-refractivity contribution is 6.30. The molecule has 0 fully saturated rings. The Bertz CT molecular complexity index is 1390. The van der Waals surface area contributed by atoms with Gasteiger partial charge in [0.15, 0.2) is 5.78 Å². The number of aromatic nitrogens is 1. The molecular weight excluding hydrogens is 459 g/mol. The van der Waals surface area contributed by atoms with Gasteiger partial charge in [0.2, 0.25) is 0 Å². The molecule has 0 amide bonds. The number of aliphatic hydroxyl groups is 1. The van der Waals surface area contributed by atoms with Crippen molar-refractivity contribution in [1.29, 1.82) is 0 Å². The van der Waals surface area contributed by atoms with Crippen molar-refractivity contribution in [3.8, 4) is 11.5 Å². The maximum Gasteiger partial charge on any atom is 0.191 e. The molecule has 0 saturated carbocycles. The molecule has 0 saturated heterocycles. The topological polar surface area (TPSA) is 83.6 Å². The Balaban J connectivity index is 1.85. The van der Waals surface area contributed by atoms with Gasteiger partial charge in [0.25, 0.3) is 0 Å². The van der Waals surface area contributed by atoms with E-state index in [2.05, 4.69) is 10.3 Å². The summed E-state index contributed by atoms with van der Waals surface area (Å²) in [7, 11) is 1.49. The number of H-pyrrole nitrogens is 1. The number of ether oxygens (including phenoxy) is 2. The maximum atomic E-state index is 14.0. The number of halogens is 2. The van der Waals surface area contributed by atoms with Crippen molar-refractivity contribution in [2.24, 2.45) is 0 Å². The summed E-state index contributed by atoms with van der Waals surface area (Å²) in [6.45, 7) is 1.66. The van der Waals surface area contributed by atoms with Gasteiger partial charge in [0, 0.05) is 51.6 Å². The van der Waals surface area contributed by atoms with Crippen molar-refractivity contribution in [1.82, 2.24) is 4.98 Å². The first kappa shape index (κ1) is 22.3. The van der Waals surface area contributed by atoms with Crippen LogP contribution < -0.4 is 14.8 Å². The molecule has 3 aromatic carbocycles. The molecule has 0 aliphatic heterocycles. The molecule has 1 heterocycles. The first-order valence-corrected chi connectivity index (χ1v) is 10.9. The summed E-state index contributed by atoms with van der Waals surface area (Å²) in [5, 5.41) is 13.1. The Morgan fingerprint density at radius 1 is 1.21 bits per heavy atom. The predicted octanol–water partition coefficient (Wildman–Crippen LogP) is 5.68. The zero-order valence-corrected chi connectivity index (χ0v) is 19.4. The number of hydrogen-bond acceptors (Lipinski definition) is 5. The molecule has 1 unspecified atom stereocenters. The average molecular weight is 484 g/mol. The number of methoxy groups -OCH3 is 1. The number of fused-ring (bicyclic) bond motifs is 1. The summed E-state index contributed by atoms with van der Waals surface area (Å²) in [6.07, 6.45) is 1.48. The molecule has 0 spiro atoms. The maximum absolute atomic E-state index is 14.0. The summed E-state index contributed by atoms with van der Waals surface area (Å²) < 4.78 is 34.0. The van der Waals surface area contributed by atoms with Gasteiger partial charge >= 0.3 is 0 Å². The molecule has 4 aromatic rings. The summed E-state index contributed by atoms with van der Waals surface area (Å²) in [5.74, 6) is -0.158. The van der Waals surface area contributed by atoms with E-state index in [1.807, 2.05) is 0 Å². The van der Waals surface area contributed by atoms with Gasteiger partial charge in [-0.2, -0.15) is 0 Å². The SMILES string of the molecule is [2H]C(Nc1cc(OC)cc(OCCO)c1)(C(=O)c1c[nH]c2cc(F)ccc12)c1ccc(Cl)cc1C. The van der Waals surface area contributed by atoms with Gasteiger partial charge in [-0.05, 0) is 48.4 Å². The molecule has 1 aromatic heterocycles. The molecule has 0 bridgehead atoms. The van der Waals surface area contributed by atoms with Gasteiger partial charge in [-0.15, -0.1) is 0 Å². The van der Waals surface area contributed by atoms with E-state index < -0.39 is 17.6 Å². The van der Waals surface area contributed by atoms with Crippen LogP contribution in [0, 0.1) is 12.7 Å². The van der Waals surface area contributed by atoms with Crippen molar-refractivity contribution in [3.05, 3.63) is 88.3 Å². The Labute approximate surface area is 202 Å². The second-order valence-corrected chi connectivity index (χ2v) is 8.09. The summed E-state index contributed by atoms with van der Waals surface area (Å²) in [4.78, 5) is 16.9. The lowest BCUT2D eigenvalue weighted by atomic mass is 9.93. The third-order valence-corrected chi connectivity index (χ3v) is 5.55. The fourth-order valence-electron chi connectivity index (χ4n) is 3.73. The lowest BCUT2D eigenvalue weighted by Gasteiger charge is -2.22. The van der Waals surface area contributed by atoms with Crippen molar-refractivity contribution in [2.75, 3.05) is 25.6 Å². The van der Waals surface area contributed by atoms with E-state index in [0.717, 1.165) is 0 Å². The van der Waals surface area contributed by atoms with Gasteiger partial charge < -0.3 is 24.9 Å². The number of ketones is 1. The lowest BCUT2D eigenvalue weighted by Crippen LogP contribution is -2.22. The molecular formula is C26H24ClFN2O4. The highest BCUT2D eigenvalue weighted by Crippen LogP contribution is 2.33. The normalized spacial score (nSPS) is 13.3. The van der Waals surface area contributed by atoms with Crippen molar-refractivity contribution in [3.63, 3.8) is 0 Å². The van der Waals surface area contributed by atoms with Crippen molar-refractivity contribution >= 4 is 34.0 Å². The smallest absolute Gasteiger partial charge is 0.191 e. The van der Waals surface area contributed by atoms with Gasteiger partial charge in [-0.3, -0.25) is 4.79 Å². The Hall–Kier alpha value is -3.55. The van der Waals surface area contributed by atoms with Crippen LogP contribution in [0.1, 0.15) is 28.9 Å². The van der Waals surface area contributed by atoms with E-state index >= 15 is 0 Å². The minimum Gasteiger partial charge on any atom is -0.497 e. The number of rotatable bonds is 9. The molecule has 3 N–H and O–H groups in total. The number of Topliss-reactive ketones (excluding diaryl/α,β-unsaturated/α-hetero) is 1. The summed E-state index contributed by atoms with van der Waals surface area (Å²) >= 11 is 6.15. The number of carbonyl (C=O) groups is 1. The van der Waals surface area contributed by atoms with Gasteiger partial charge in [0.1, 0.15) is 29.9 Å². The van der Waals surface area contributed by atoms with E-state index in [9.17, 15) is 10.6 Å². The zero-order valence-electron chi connectivity index (χ0n) is 19.6. The van der Waals surface area contributed by atoms with Crippen molar-refractivity contribution in [2.45, 2.75) is 12.9 Å². The van der Waals surface area contributed by atoms with E-state index in [4.69, 9.17) is 26.2 Å². The first-order chi connectivity index (χ1) is 16.7. The molecule has 6 nitrogen and oxygen atoms in total. The van der Waals surface area contributed by atoms with Gasteiger partial charge in [0.05, 0.1) is 15.1 Å². The van der Waals surface area contributed by atoms with Crippen LogP contribution >= 0.6 is 11.6 Å². The molecule has 0 aliphatic carbocycles. The number of hydrogen-bond donors (Lipinski definition) is 3. The lowest BCUT2D eigenvalue weighted by molar-refractivity contribution is 0.0971. The quantitative estimate of drug-likeness (QED) is 0.266. The highest BCUT2D eigenvalue weighted by atomic mass is 35.5. The molecule has 1 atom stereocenters. The van der Waals surface area contributed by atoms with Crippen LogP contribution in [0.15, 0.2) is 60.8 Å². The van der Waals surface area contributed by atoms with Crippen LogP contribution in [-0.2, 0) is 0 Å². The minimum absolute atomic E-state index is 0.0692. The monoisotopic (exact) mass is 483 g/mol. The van der Waals surface area contributed by atoms with E-state index in [0.29, 0.717) is 44.2 Å². The first-order valence-electron chi connectivity index (χ1n) is 11.0. The second-order valence-electron chi connectivity index (χ2n) is 7.65. The number of nitrogens with one attached hydrogen (secondary N) is 2. The number of aryl methyl sites for hydroxylation is 1. The Morgan fingerprint density at radius 3 is 2.74 bits per heavy atom. The second kappa shape index (κ2) is 10.2. The van der Waals surface area contributed by atoms with Gasteiger partial charge in [-0.1, -0.05) is 17.7 Å². The summed E-state index contributed by atoms with van der Waals surface area (Å²) in [5.41, 5.74) is 2.10. The standard InChI is InChI=1S/C26H24ClFN2O4/c1-15-9-16(27)3-5-21(15)25(26(32)23-14-29-24-10-17(28)4-6-22(23)24)30-18-11-19(33-2)13-20(12-18)34-8-7-31/h3-6,9-14,25,29-31H,7-8H2,1-2H3/i25D. The van der Waals surface area contributed by atoms with Crippen LogP contribution in [0.25, 0.3) is 10.9 Å². The van der Waals surface area contributed by atoms with Crippen LogP contribution in [-0.4, -0.2) is 36.2 Å². The highest BCUT2D eigenvalue weighted by Gasteiger charge is 2.26. The summed E-state index contributed by atoms with van der Waals surface area (Å²) in [6, 6.07) is 11.9. The van der Waals surface area contributed by atoms with Crippen LogP contribution in [0.2, 0.25) is 5.02 Å². The Kier molecular flexibility index (Phi) is 6.65. The zero-order chi connectivity index (χ0) is 25.2. The van der Waals surface area contributed by atoms with Crippen molar-refractivity contribution < 1.29 is 25.1 Å². The van der Waals surface area contributed by atoms with Gasteiger partial charge in [-0.25, -0.2) is 4.39 Å². The molecule has 176 valence electrons. The van der Waals surface area contributed by atoms with E-state index in [1.54, 1.807) is 43.3 Å². The van der Waals surface area contributed by atoms with Crippen LogP contribution in [0.5, 0.6) is 11.5 Å². The number of aromatic amines is 1. The Morgan fingerprint density at radius 2 is 2.00 bits per heavy atom. The molecule has 0 aliphatic rings. The third-order valence-electron chi connectivity index (χ3n) is 5.32. The van der Waals surface area contributed by atoms with E-state index in [-0.39, 0.29) is 18.8 Å². The fraction of sp³-hybridized carbons (Fsp3) is 0.192. The number of benzene rings is 3. The molecule has 4 rings (SSSR count). The fourth-order valence-corrected chi connectivity index (χ4v) is 3.95. The minimum atomic E-state index is -1.99. The number of carbonyl (C=O) groups excluding carboxylic acids is 1. The molecule has 34 heavy (non-hydrogen) atoms. The number of aliphatic hydroxyl groups excluding tert-OH is 1. The molecule has 8 heteroatoms. The van der Waals surface area contributed by atoms with E-state index in [1.165, 1.54) is 31.5 Å². The van der Waals surface area contributed by atoms with Crippen LogP contribution in [0.4, 0.5) is 10.1 Å². The third kappa shape index (κ3) is 5.00. The number of anilines is 1. The predicted molar refractivity (Wildman–Crippen MR) is 131 cm³/mol. The average Bonchev–Trinajstić information content (AvgIpc) is 3.24.